The summed E-state index contributed by atoms with van der Waals surface area (Å²) in [6, 6.07) is 10.6. The highest BCUT2D eigenvalue weighted by Crippen LogP contribution is 2.36. The first kappa shape index (κ1) is 32.6. The van der Waals surface area contributed by atoms with Crippen LogP contribution in [0.25, 0.3) is 0 Å². The summed E-state index contributed by atoms with van der Waals surface area (Å²) in [5.41, 5.74) is 0.850. The number of rotatable bonds is 21. The molecule has 1 unspecified atom stereocenters. The monoisotopic (exact) mass is 555 g/mol. The minimum Gasteiger partial charge on any atom is -0.464 e. The molecule has 226 valence electrons. The molecule has 0 spiro atoms. The third-order valence-electron chi connectivity index (χ3n) is 9.22. The fourth-order valence-corrected chi connectivity index (χ4v) is 6.58. The molecule has 4 atom stereocenters. The first-order valence-electron chi connectivity index (χ1n) is 16.7. The van der Waals surface area contributed by atoms with E-state index in [2.05, 4.69) is 18.9 Å². The van der Waals surface area contributed by atoms with Crippen LogP contribution in [0.4, 0.5) is 0 Å². The zero-order valence-electron chi connectivity index (χ0n) is 25.6. The average molecular weight is 556 g/mol. The fraction of sp³-hybridized carbons (Fsp3) is 0.771. The molecular formula is C35H57NO4. The second-order valence-electron chi connectivity index (χ2n) is 12.4. The predicted octanol–water partition coefficient (Wildman–Crippen LogP) is 8.74. The number of benzene rings is 1. The van der Waals surface area contributed by atoms with Gasteiger partial charge in [-0.2, -0.15) is 0 Å². The Morgan fingerprint density at radius 1 is 0.775 bits per heavy atom. The number of piperidine rings is 1. The molecule has 0 aliphatic carbocycles. The van der Waals surface area contributed by atoms with Crippen LogP contribution in [0.15, 0.2) is 30.3 Å². The molecular weight excluding hydrogens is 498 g/mol. The minimum absolute atomic E-state index is 0.0385. The van der Waals surface area contributed by atoms with Gasteiger partial charge in [0.2, 0.25) is 0 Å². The van der Waals surface area contributed by atoms with E-state index in [0.717, 1.165) is 31.2 Å². The maximum Gasteiger partial charge on any atom is 0.317 e. The van der Waals surface area contributed by atoms with Gasteiger partial charge in [0.05, 0.1) is 0 Å². The lowest BCUT2D eigenvalue weighted by Gasteiger charge is -2.36. The molecule has 0 saturated carbocycles. The van der Waals surface area contributed by atoms with Gasteiger partial charge in [-0.15, -0.1) is 0 Å². The van der Waals surface area contributed by atoms with Crippen LogP contribution in [0.2, 0.25) is 0 Å². The smallest absolute Gasteiger partial charge is 0.317 e. The van der Waals surface area contributed by atoms with Gasteiger partial charge in [0.1, 0.15) is 18.6 Å². The lowest BCUT2D eigenvalue weighted by molar-refractivity contribution is -0.158. The summed E-state index contributed by atoms with van der Waals surface area (Å²) in [6.07, 6.45) is 24.1. The number of unbranched alkanes of at least 4 members (excludes halogenated alkanes) is 14. The van der Waals surface area contributed by atoms with Gasteiger partial charge in [-0.3, -0.25) is 9.59 Å². The van der Waals surface area contributed by atoms with E-state index in [1.54, 1.807) is 0 Å². The van der Waals surface area contributed by atoms with Crippen LogP contribution in [0.1, 0.15) is 147 Å². The Kier molecular flexibility index (Phi) is 15.7. The third-order valence-corrected chi connectivity index (χ3v) is 9.22. The average Bonchev–Trinajstić information content (AvgIpc) is 3.15. The Balaban J connectivity index is 1.24. The summed E-state index contributed by atoms with van der Waals surface area (Å²) < 4.78 is 11.6. The van der Waals surface area contributed by atoms with Crippen LogP contribution < -0.4 is 0 Å². The number of hydrogen-bond acceptors (Lipinski definition) is 5. The van der Waals surface area contributed by atoms with Crippen LogP contribution in [0, 0.1) is 0 Å². The molecule has 2 saturated heterocycles. The fourth-order valence-electron chi connectivity index (χ4n) is 6.58. The first-order valence-corrected chi connectivity index (χ1v) is 16.7. The Morgan fingerprint density at radius 3 is 1.80 bits per heavy atom. The molecule has 2 heterocycles. The molecule has 0 amide bonds. The Hall–Kier alpha value is -1.88. The summed E-state index contributed by atoms with van der Waals surface area (Å²) in [4.78, 5) is 28.1. The van der Waals surface area contributed by atoms with Crippen LogP contribution in [-0.4, -0.2) is 48.7 Å². The van der Waals surface area contributed by atoms with Gasteiger partial charge in [0, 0.05) is 18.5 Å². The quantitative estimate of drug-likeness (QED) is 0.112. The van der Waals surface area contributed by atoms with E-state index in [1.807, 2.05) is 30.3 Å². The molecule has 2 aliphatic rings. The summed E-state index contributed by atoms with van der Waals surface area (Å²) in [5.74, 6) is -1.04. The van der Waals surface area contributed by atoms with Crippen molar-refractivity contribution in [1.29, 1.82) is 0 Å². The van der Waals surface area contributed by atoms with Crippen molar-refractivity contribution in [2.24, 2.45) is 0 Å². The summed E-state index contributed by atoms with van der Waals surface area (Å²) in [7, 11) is 2.19. The number of nitrogens with zero attached hydrogens (tertiary/aromatic N) is 1. The number of carbonyl (C=O) groups excluding carboxylic acids is 2. The number of esters is 2. The Labute approximate surface area is 244 Å². The van der Waals surface area contributed by atoms with Gasteiger partial charge in [-0.25, -0.2) is 0 Å². The van der Waals surface area contributed by atoms with Crippen LogP contribution >= 0.6 is 0 Å². The maximum absolute atomic E-state index is 13.2. The predicted molar refractivity (Wildman–Crippen MR) is 163 cm³/mol. The van der Waals surface area contributed by atoms with Gasteiger partial charge >= 0.3 is 11.9 Å². The molecule has 0 N–H and O–H groups in total. The molecule has 0 aromatic heterocycles. The molecule has 3 rings (SSSR count). The summed E-state index contributed by atoms with van der Waals surface area (Å²) in [6.45, 7) is 2.33. The summed E-state index contributed by atoms with van der Waals surface area (Å²) in [5, 5.41) is 0. The van der Waals surface area contributed by atoms with Crippen molar-refractivity contribution >= 4 is 11.9 Å². The van der Waals surface area contributed by atoms with E-state index in [-0.39, 0.29) is 24.6 Å². The van der Waals surface area contributed by atoms with Gasteiger partial charge in [0.25, 0.3) is 0 Å². The molecule has 1 aromatic carbocycles. The van der Waals surface area contributed by atoms with Crippen molar-refractivity contribution in [3.8, 4) is 0 Å². The summed E-state index contributed by atoms with van der Waals surface area (Å²) >= 11 is 0. The van der Waals surface area contributed by atoms with Gasteiger partial charge in [-0.05, 0) is 44.7 Å². The van der Waals surface area contributed by atoms with E-state index < -0.39 is 5.92 Å². The van der Waals surface area contributed by atoms with Crippen LogP contribution in [0.3, 0.4) is 0 Å². The highest BCUT2D eigenvalue weighted by molar-refractivity contribution is 5.79. The maximum atomic E-state index is 13.2. The van der Waals surface area contributed by atoms with Crippen LogP contribution in [-0.2, 0) is 19.1 Å². The Morgan fingerprint density at radius 2 is 1.27 bits per heavy atom. The molecule has 0 radical (unpaired) electrons. The number of ether oxygens (including phenoxy) is 2. The second-order valence-corrected chi connectivity index (χ2v) is 12.4. The van der Waals surface area contributed by atoms with Gasteiger partial charge < -0.3 is 14.4 Å². The molecule has 1 aromatic rings. The molecule has 2 bridgehead atoms. The van der Waals surface area contributed by atoms with Gasteiger partial charge in [-0.1, -0.05) is 127 Å². The number of hydrogen-bond donors (Lipinski definition) is 0. The third kappa shape index (κ3) is 11.9. The van der Waals surface area contributed by atoms with E-state index in [9.17, 15) is 9.59 Å². The molecule has 5 heteroatoms. The van der Waals surface area contributed by atoms with Gasteiger partial charge in [0.15, 0.2) is 0 Å². The number of carbonyl (C=O) groups is 2. The lowest BCUT2D eigenvalue weighted by Crippen LogP contribution is -2.44. The SMILES string of the molecule is CCCCCCCCCCCCCCCCCC(=O)OCC(C(=O)O[C@H]1C[C@H]2CC[C@@H](C1)N2C)c1ccccc1. The normalized spacial score (nSPS) is 21.3. The zero-order chi connectivity index (χ0) is 28.4. The highest BCUT2D eigenvalue weighted by atomic mass is 16.6. The highest BCUT2D eigenvalue weighted by Gasteiger charge is 2.40. The van der Waals surface area contributed by atoms with Crippen molar-refractivity contribution in [3.05, 3.63) is 35.9 Å². The van der Waals surface area contributed by atoms with Crippen molar-refractivity contribution in [2.45, 2.75) is 159 Å². The van der Waals surface area contributed by atoms with E-state index in [0.29, 0.717) is 18.5 Å². The Bertz CT molecular complexity index is 814. The largest absolute Gasteiger partial charge is 0.464 e. The number of fused-ring (bicyclic) bond motifs is 2. The lowest BCUT2D eigenvalue weighted by atomic mass is 9.98. The van der Waals surface area contributed by atoms with Crippen LogP contribution in [0.5, 0.6) is 0 Å². The minimum atomic E-state index is -0.566. The zero-order valence-corrected chi connectivity index (χ0v) is 25.6. The van der Waals surface area contributed by atoms with Crippen molar-refractivity contribution in [1.82, 2.24) is 4.90 Å². The molecule has 2 fully saturated rings. The standard InChI is InChI=1S/C35H57NO4/c1-3-4-5-6-7-8-9-10-11-12-13-14-15-16-20-23-34(37)39-28-33(29-21-18-17-19-22-29)35(38)40-32-26-30-24-25-31(27-32)36(30)2/h17-19,21-22,30-33H,3-16,20,23-28H2,1-2H3/t30-,31+,32+,33?. The molecule has 5 nitrogen and oxygen atoms in total. The first-order chi connectivity index (χ1) is 19.6. The molecule has 40 heavy (non-hydrogen) atoms. The van der Waals surface area contributed by atoms with Crippen molar-refractivity contribution < 1.29 is 19.1 Å². The topological polar surface area (TPSA) is 55.8 Å². The van der Waals surface area contributed by atoms with Crippen molar-refractivity contribution in [2.75, 3.05) is 13.7 Å². The van der Waals surface area contributed by atoms with E-state index in [4.69, 9.17) is 9.47 Å². The molecule has 2 aliphatic heterocycles. The van der Waals surface area contributed by atoms with E-state index >= 15 is 0 Å². The van der Waals surface area contributed by atoms with E-state index in [1.165, 1.54) is 96.3 Å². The van der Waals surface area contributed by atoms with Crippen molar-refractivity contribution in [3.63, 3.8) is 0 Å². The second kappa shape index (κ2) is 19.3.